The van der Waals surface area contributed by atoms with Gasteiger partial charge in [0.05, 0.1) is 22.1 Å². The summed E-state index contributed by atoms with van der Waals surface area (Å²) in [5.41, 5.74) is 9.43. The molecule has 5 nitrogen and oxygen atoms in total. The maximum Gasteiger partial charge on any atom is 0.248 e. The van der Waals surface area contributed by atoms with Crippen molar-refractivity contribution in [3.05, 3.63) is 158 Å². The molecule has 11 rings (SSSR count). The molecule has 4 heterocycles. The van der Waals surface area contributed by atoms with Gasteiger partial charge in [0.25, 0.3) is 0 Å². The van der Waals surface area contributed by atoms with Gasteiger partial charge in [-0.3, -0.25) is 4.57 Å². The summed E-state index contributed by atoms with van der Waals surface area (Å²) in [4.78, 5) is 10.8. The van der Waals surface area contributed by atoms with Gasteiger partial charge in [0, 0.05) is 38.2 Å². The summed E-state index contributed by atoms with van der Waals surface area (Å²) in [5, 5.41) is 8.03. The van der Waals surface area contributed by atoms with Gasteiger partial charge in [0.2, 0.25) is 5.71 Å². The lowest BCUT2D eigenvalue weighted by molar-refractivity contribution is 0.652. The summed E-state index contributed by atoms with van der Waals surface area (Å²) in [5.74, 6) is 0.735. The molecule has 0 fully saturated rings. The smallest absolute Gasteiger partial charge is 0.248 e. The minimum absolute atomic E-state index is 0.522. The first-order valence-electron chi connectivity index (χ1n) is 16.5. The number of para-hydroxylation sites is 4. The largest absolute Gasteiger partial charge is 0.436 e. The molecule has 0 radical (unpaired) electrons. The summed E-state index contributed by atoms with van der Waals surface area (Å²) < 4.78 is 11.0. The van der Waals surface area contributed by atoms with Gasteiger partial charge >= 0.3 is 0 Å². The second-order valence-electron chi connectivity index (χ2n) is 12.6. The quantitative estimate of drug-likeness (QED) is 0.196. The lowest BCUT2D eigenvalue weighted by atomic mass is 10.1. The Labute approximate surface area is 279 Å². The Hall–Kier alpha value is -6.72. The van der Waals surface area contributed by atoms with E-state index in [0.717, 1.165) is 66.7 Å². The Morgan fingerprint density at radius 1 is 0.429 bits per heavy atom. The highest BCUT2D eigenvalue weighted by molar-refractivity contribution is 6.15. The van der Waals surface area contributed by atoms with Gasteiger partial charge < -0.3 is 8.98 Å². The van der Waals surface area contributed by atoms with E-state index in [2.05, 4.69) is 149 Å². The van der Waals surface area contributed by atoms with Crippen molar-refractivity contribution in [2.45, 2.75) is 0 Å². The SMILES string of the molecule is c1ccc(-n2c3ccccc3c3cc(-c4nc5c(nc4-n4c6ccccc6c6cc7ccccc7cc64)oc4ccccc45)ccc32)cc1. The number of benzene rings is 7. The summed E-state index contributed by atoms with van der Waals surface area (Å²) in [6.07, 6.45) is 0. The molecule has 0 amide bonds. The zero-order chi connectivity index (χ0) is 32.1. The van der Waals surface area contributed by atoms with E-state index in [1.807, 2.05) is 18.2 Å². The Bertz CT molecular complexity index is 3110. The normalized spacial score (nSPS) is 12.1. The first-order valence-corrected chi connectivity index (χ1v) is 16.5. The van der Waals surface area contributed by atoms with E-state index in [9.17, 15) is 0 Å². The maximum atomic E-state index is 6.37. The molecule has 49 heavy (non-hydrogen) atoms. The summed E-state index contributed by atoms with van der Waals surface area (Å²) in [6, 6.07) is 55.6. The molecule has 0 aliphatic heterocycles. The number of hydrogen-bond acceptors (Lipinski definition) is 3. The van der Waals surface area contributed by atoms with Crippen LogP contribution in [0.5, 0.6) is 0 Å². The van der Waals surface area contributed by atoms with Gasteiger partial charge in [-0.05, 0) is 71.4 Å². The van der Waals surface area contributed by atoms with Crippen LogP contribution in [0.1, 0.15) is 0 Å². The monoisotopic (exact) mass is 626 g/mol. The number of furan rings is 1. The van der Waals surface area contributed by atoms with Crippen molar-refractivity contribution in [2.24, 2.45) is 0 Å². The number of hydrogen-bond donors (Lipinski definition) is 0. The highest BCUT2D eigenvalue weighted by atomic mass is 16.3. The van der Waals surface area contributed by atoms with Crippen molar-refractivity contribution in [3.63, 3.8) is 0 Å². The van der Waals surface area contributed by atoms with E-state index in [0.29, 0.717) is 5.71 Å². The Balaban J connectivity index is 1.27. The molecule has 0 N–H and O–H groups in total. The number of nitrogens with zero attached hydrogens (tertiary/aromatic N) is 4. The summed E-state index contributed by atoms with van der Waals surface area (Å²) in [6.45, 7) is 0. The third kappa shape index (κ3) is 3.75. The fourth-order valence-corrected chi connectivity index (χ4v) is 7.72. The van der Waals surface area contributed by atoms with Gasteiger partial charge in [-0.15, -0.1) is 0 Å². The zero-order valence-corrected chi connectivity index (χ0v) is 26.2. The molecule has 0 bridgehead atoms. The van der Waals surface area contributed by atoms with Gasteiger partial charge in [-0.25, -0.2) is 4.98 Å². The van der Waals surface area contributed by atoms with E-state index in [1.54, 1.807) is 0 Å². The van der Waals surface area contributed by atoms with Crippen LogP contribution in [-0.4, -0.2) is 19.1 Å². The van der Waals surface area contributed by atoms with Crippen LogP contribution in [0.25, 0.3) is 99.3 Å². The molecular weight excluding hydrogens is 601 g/mol. The first kappa shape index (κ1) is 26.4. The van der Waals surface area contributed by atoms with E-state index in [1.165, 1.54) is 26.9 Å². The molecule has 0 spiro atoms. The standard InChI is InChI=1S/C44H26N4O/c1-2-14-30(15-3-1)47-36-19-9-6-16-31(36)34-25-29(22-23-38(34)47)41-43(46-44-42(45-41)33-18-8-11-21-40(33)49-44)48-37-20-10-7-17-32(37)35-24-27-12-4-5-13-28(27)26-39(35)48/h1-26H. The Morgan fingerprint density at radius 3 is 1.84 bits per heavy atom. The number of fused-ring (bicyclic) bond motifs is 10. The lowest BCUT2D eigenvalue weighted by Gasteiger charge is -2.13. The average Bonchev–Trinajstić information content (AvgIpc) is 3.80. The fraction of sp³-hybridized carbons (Fsp3) is 0. The molecular formula is C44H26N4O. The fourth-order valence-electron chi connectivity index (χ4n) is 7.72. The van der Waals surface area contributed by atoms with Crippen molar-refractivity contribution >= 4 is 76.6 Å². The van der Waals surface area contributed by atoms with Gasteiger partial charge in [0.15, 0.2) is 5.82 Å². The van der Waals surface area contributed by atoms with Crippen LogP contribution in [0.15, 0.2) is 162 Å². The minimum atomic E-state index is 0.522. The average molecular weight is 627 g/mol. The molecule has 0 aliphatic carbocycles. The van der Waals surface area contributed by atoms with Gasteiger partial charge in [-0.1, -0.05) is 97.1 Å². The predicted molar refractivity (Wildman–Crippen MR) is 201 cm³/mol. The van der Waals surface area contributed by atoms with Crippen molar-refractivity contribution < 1.29 is 4.42 Å². The molecule has 228 valence electrons. The van der Waals surface area contributed by atoms with Crippen molar-refractivity contribution in [2.75, 3.05) is 0 Å². The van der Waals surface area contributed by atoms with Crippen LogP contribution in [0.3, 0.4) is 0 Å². The molecule has 11 aromatic rings. The first-order chi connectivity index (χ1) is 24.3. The maximum absolute atomic E-state index is 6.37. The summed E-state index contributed by atoms with van der Waals surface area (Å²) >= 11 is 0. The molecule has 0 saturated carbocycles. The van der Waals surface area contributed by atoms with E-state index in [-0.39, 0.29) is 0 Å². The van der Waals surface area contributed by atoms with Crippen LogP contribution < -0.4 is 0 Å². The molecule has 5 heteroatoms. The Morgan fingerprint density at radius 2 is 1.04 bits per heavy atom. The summed E-state index contributed by atoms with van der Waals surface area (Å²) in [7, 11) is 0. The van der Waals surface area contributed by atoms with Crippen molar-refractivity contribution in [3.8, 4) is 22.8 Å². The van der Waals surface area contributed by atoms with Gasteiger partial charge in [-0.2, -0.15) is 4.98 Å². The van der Waals surface area contributed by atoms with Crippen LogP contribution in [0.2, 0.25) is 0 Å². The number of rotatable bonds is 3. The minimum Gasteiger partial charge on any atom is -0.436 e. The molecule has 0 atom stereocenters. The zero-order valence-electron chi connectivity index (χ0n) is 26.2. The molecule has 7 aromatic carbocycles. The van der Waals surface area contributed by atoms with Gasteiger partial charge in [0.1, 0.15) is 16.8 Å². The molecule has 0 aliphatic rings. The highest BCUT2D eigenvalue weighted by Crippen LogP contribution is 2.40. The topological polar surface area (TPSA) is 48.8 Å². The van der Waals surface area contributed by atoms with E-state index < -0.39 is 0 Å². The number of aromatic nitrogens is 4. The third-order valence-electron chi connectivity index (χ3n) is 9.91. The predicted octanol–water partition coefficient (Wildman–Crippen LogP) is 11.4. The second-order valence-corrected chi connectivity index (χ2v) is 12.6. The lowest BCUT2D eigenvalue weighted by Crippen LogP contribution is -2.03. The van der Waals surface area contributed by atoms with Crippen molar-refractivity contribution in [1.82, 2.24) is 19.1 Å². The highest BCUT2D eigenvalue weighted by Gasteiger charge is 2.23. The van der Waals surface area contributed by atoms with Crippen molar-refractivity contribution in [1.29, 1.82) is 0 Å². The van der Waals surface area contributed by atoms with E-state index in [4.69, 9.17) is 14.4 Å². The second kappa shape index (κ2) is 9.89. The van der Waals surface area contributed by atoms with Crippen LogP contribution in [0, 0.1) is 0 Å². The molecule has 0 saturated heterocycles. The molecule has 4 aromatic heterocycles. The Kier molecular flexibility index (Phi) is 5.32. The van der Waals surface area contributed by atoms with E-state index >= 15 is 0 Å². The van der Waals surface area contributed by atoms with Crippen LogP contribution >= 0.6 is 0 Å². The molecule has 0 unspecified atom stereocenters. The van der Waals surface area contributed by atoms with Crippen LogP contribution in [-0.2, 0) is 0 Å². The third-order valence-corrected chi connectivity index (χ3v) is 9.91. The van der Waals surface area contributed by atoms with Crippen LogP contribution in [0.4, 0.5) is 0 Å².